The van der Waals surface area contributed by atoms with Crippen LogP contribution in [0, 0.1) is 111 Å². The van der Waals surface area contributed by atoms with E-state index in [0.717, 1.165) is 95.4 Å². The predicted octanol–water partition coefficient (Wildman–Crippen LogP) is 20.4. The van der Waals surface area contributed by atoms with E-state index >= 15 is 0 Å². The van der Waals surface area contributed by atoms with Gasteiger partial charge in [0.25, 0.3) is 0 Å². The molecule has 14 aliphatic rings. The highest BCUT2D eigenvalue weighted by atomic mass is 15.4. The molecule has 14 saturated heterocycles. The second-order valence-corrected chi connectivity index (χ2v) is 36.6. The molecule has 0 aromatic rings. The molecule has 0 aliphatic carbocycles. The highest BCUT2D eigenvalue weighted by molar-refractivity contribution is 4.80. The lowest BCUT2D eigenvalue weighted by atomic mass is 9.81. The van der Waals surface area contributed by atoms with E-state index < -0.39 is 0 Å². The molecular weight excluding hydrogens is 1130 g/mol. The Hall–Kier alpha value is -0.280. The SMILES string of the molecule is CC1CC(C)C(C)[N+]2(CCCC2)C1.CC1CC(C)C[N+]2(CCCC2)C1.CC1CCC(C)[N+]2(CCCC2)C1.CC1CCCC(C)[N+]12CCCC2.CC1CC[N+]2(CCCC2)C(C)C1.CC1CC[N+]2(CCCC2)C(C)C1C.CC1CC[N+]2(CCCC2)CC1C.[CH3-].[CH3-].[CH3-].[CH3-].[CH3-].[CH3-].[CH3-]. The summed E-state index contributed by atoms with van der Waals surface area (Å²) in [5.74, 6) is 9.69. The Labute approximate surface area is 591 Å². The van der Waals surface area contributed by atoms with E-state index in [0.29, 0.717) is 0 Å². The summed E-state index contributed by atoms with van der Waals surface area (Å²) < 4.78 is 10.3. The summed E-state index contributed by atoms with van der Waals surface area (Å²) in [6.45, 7) is 71.7. The number of piperidine rings is 7. The van der Waals surface area contributed by atoms with Crippen molar-refractivity contribution in [1.29, 1.82) is 0 Å². The molecule has 14 heterocycles. The average Bonchev–Trinajstić information content (AvgIpc) is 1.94. The van der Waals surface area contributed by atoms with Crippen LogP contribution in [0.4, 0.5) is 0 Å². The Morgan fingerprint density at radius 2 is 0.613 bits per heavy atom. The minimum atomic E-state index is 0. The molecule has 93 heavy (non-hydrogen) atoms. The zero-order chi connectivity index (χ0) is 62.0. The van der Waals surface area contributed by atoms with Crippen LogP contribution in [-0.2, 0) is 0 Å². The van der Waals surface area contributed by atoms with Crippen LogP contribution in [-0.4, -0.2) is 212 Å². The number of hydrogen-bond acceptors (Lipinski definition) is 0. The van der Waals surface area contributed by atoms with Crippen LogP contribution in [0.1, 0.15) is 271 Å². The first kappa shape index (κ1) is 90.7. The summed E-state index contributed by atoms with van der Waals surface area (Å²) in [6.07, 6.45) is 36.9. The molecule has 14 fully saturated rings. The Balaban J connectivity index is 0.000000536. The van der Waals surface area contributed by atoms with Crippen molar-refractivity contribution >= 4 is 0 Å². The van der Waals surface area contributed by atoms with Gasteiger partial charge in [0, 0.05) is 138 Å². The van der Waals surface area contributed by atoms with Crippen LogP contribution in [0.15, 0.2) is 0 Å². The zero-order valence-corrected chi connectivity index (χ0v) is 68.6. The third-order valence-electron chi connectivity index (χ3n) is 30.3. The first-order valence-corrected chi connectivity index (χ1v) is 39.9. The van der Waals surface area contributed by atoms with Crippen LogP contribution in [0.3, 0.4) is 0 Å². The molecule has 7 nitrogen and oxygen atoms in total. The quantitative estimate of drug-likeness (QED) is 0.168. The highest BCUT2D eigenvalue weighted by Crippen LogP contribution is 2.41. The first-order chi connectivity index (χ1) is 40.9. The highest BCUT2D eigenvalue weighted by Gasteiger charge is 2.49. The molecule has 0 bridgehead atoms. The monoisotopic (exact) mass is 1310 g/mol. The molecule has 0 aromatic carbocycles. The van der Waals surface area contributed by atoms with Crippen LogP contribution >= 0.6 is 0 Å². The summed E-state index contributed by atoms with van der Waals surface area (Å²) in [5, 5.41) is 0. The normalized spacial score (nSPS) is 38.5. The van der Waals surface area contributed by atoms with Gasteiger partial charge in [0.2, 0.25) is 0 Å². The van der Waals surface area contributed by atoms with E-state index in [1.165, 1.54) is 336 Å². The molecule has 0 aromatic heterocycles. The van der Waals surface area contributed by atoms with E-state index in [-0.39, 0.29) is 52.0 Å². The van der Waals surface area contributed by atoms with Crippen LogP contribution in [0.25, 0.3) is 0 Å². The number of hydrogen-bond donors (Lipinski definition) is 0. The fourth-order valence-corrected chi connectivity index (χ4v) is 23.9. The number of nitrogens with zero attached hydrogens (tertiary/aromatic N) is 7. The van der Waals surface area contributed by atoms with E-state index in [9.17, 15) is 0 Å². The van der Waals surface area contributed by atoms with Gasteiger partial charge < -0.3 is 83.4 Å². The standard InChI is InChI=1S/2C12H24N.5C11H22N.7CH3/c1-10-6-9-13(7-4-5-8-13)12(3)11(10)2;1-10-8-11(2)12(3)13(9-10)6-4-5-7-13;1-10-6-5-7-11(2)12(10)8-3-4-9-12;1-10-5-6-11(2)12(9-10)7-3-4-8-12;1-10-5-8-12(9-11(10)2)6-3-4-7-12;1-10-5-8-12(11(2)9-10)6-3-4-7-12;1-10-7-11(2)9-12(8-10)5-3-4-6-12;;;;;;;/h2*10-12H,4-9H2,1-3H3;5*10-11H,3-9H2,1-2H3;7*1H3/q7*+1;7*-1. The van der Waals surface area contributed by atoms with E-state index in [4.69, 9.17) is 0 Å². The molecule has 0 amide bonds. The van der Waals surface area contributed by atoms with E-state index in [1.54, 1.807) is 0 Å². The third-order valence-corrected chi connectivity index (χ3v) is 30.3. The molecule has 0 saturated carbocycles. The molecule has 0 radical (unpaired) electrons. The van der Waals surface area contributed by atoms with E-state index in [2.05, 4.69) is 111 Å². The third kappa shape index (κ3) is 22.6. The first-order valence-electron chi connectivity index (χ1n) is 39.9. The van der Waals surface area contributed by atoms with Gasteiger partial charge in [-0.2, -0.15) is 0 Å². The van der Waals surface area contributed by atoms with Gasteiger partial charge in [-0.25, -0.2) is 0 Å². The van der Waals surface area contributed by atoms with Gasteiger partial charge in [0.05, 0.1) is 180 Å². The van der Waals surface area contributed by atoms with Gasteiger partial charge in [0.15, 0.2) is 0 Å². The second kappa shape index (κ2) is 40.4. The largest absolute Gasteiger partial charge is 0.358 e. The summed E-state index contributed by atoms with van der Waals surface area (Å²) in [6, 6.07) is 5.68. The maximum Gasteiger partial charge on any atom is 0.0890 e. The van der Waals surface area contributed by atoms with Gasteiger partial charge in [-0.1, -0.05) is 69.2 Å². The predicted molar refractivity (Wildman–Crippen MR) is 418 cm³/mol. The van der Waals surface area contributed by atoms with Crippen molar-refractivity contribution in [3.8, 4) is 0 Å². The molecule has 558 valence electrons. The molecular formula is C86H179N7. The Bertz CT molecular complexity index is 1900. The van der Waals surface area contributed by atoms with Gasteiger partial charge in [0.1, 0.15) is 0 Å². The fourth-order valence-electron chi connectivity index (χ4n) is 23.9. The van der Waals surface area contributed by atoms with Gasteiger partial charge in [-0.05, 0) is 124 Å². The lowest BCUT2D eigenvalue weighted by molar-refractivity contribution is -0.964. The van der Waals surface area contributed by atoms with E-state index in [1.807, 2.05) is 0 Å². The number of quaternary nitrogens is 7. The van der Waals surface area contributed by atoms with Crippen LogP contribution < -0.4 is 0 Å². The smallest absolute Gasteiger partial charge is 0.0890 e. The van der Waals surface area contributed by atoms with Crippen LogP contribution in [0.5, 0.6) is 0 Å². The van der Waals surface area contributed by atoms with Crippen molar-refractivity contribution in [3.05, 3.63) is 52.0 Å². The van der Waals surface area contributed by atoms with Gasteiger partial charge in [-0.15, -0.1) is 0 Å². The minimum absolute atomic E-state index is 0. The molecule has 7 spiro atoms. The summed E-state index contributed by atoms with van der Waals surface area (Å²) in [5.41, 5.74) is 0. The summed E-state index contributed by atoms with van der Waals surface area (Å²) >= 11 is 0. The lowest BCUT2D eigenvalue weighted by Gasteiger charge is -2.48. The number of rotatable bonds is 0. The van der Waals surface area contributed by atoms with Gasteiger partial charge >= 0.3 is 0 Å². The molecule has 16 unspecified atom stereocenters. The lowest BCUT2D eigenvalue weighted by Crippen LogP contribution is -2.59. The molecule has 0 N–H and O–H groups in total. The summed E-state index contributed by atoms with van der Waals surface area (Å²) in [4.78, 5) is 0. The van der Waals surface area contributed by atoms with Crippen molar-refractivity contribution in [2.75, 3.05) is 144 Å². The molecule has 14 aliphatic heterocycles. The molecule has 7 heteroatoms. The Morgan fingerprint density at radius 3 is 1.11 bits per heavy atom. The van der Waals surface area contributed by atoms with Crippen molar-refractivity contribution in [1.82, 2.24) is 0 Å². The minimum Gasteiger partial charge on any atom is -0.358 e. The fraction of sp³-hybridized carbons (Fsp3) is 0.919. The molecule has 16 atom stereocenters. The Kier molecular flexibility index (Phi) is 39.4. The maximum absolute atomic E-state index is 2.49. The Morgan fingerprint density at radius 1 is 0.204 bits per heavy atom. The van der Waals surface area contributed by atoms with Crippen molar-refractivity contribution in [3.63, 3.8) is 0 Å². The average molecular weight is 1310 g/mol. The maximum atomic E-state index is 2.49. The van der Waals surface area contributed by atoms with Gasteiger partial charge in [-0.3, -0.25) is 0 Å². The van der Waals surface area contributed by atoms with Crippen molar-refractivity contribution in [2.45, 2.75) is 308 Å². The van der Waals surface area contributed by atoms with Crippen LogP contribution in [0.2, 0.25) is 0 Å². The topological polar surface area (TPSA) is 0 Å². The molecule has 14 rings (SSSR count). The summed E-state index contributed by atoms with van der Waals surface area (Å²) in [7, 11) is 0. The van der Waals surface area contributed by atoms with Crippen molar-refractivity contribution < 1.29 is 31.4 Å². The zero-order valence-electron chi connectivity index (χ0n) is 68.6. The second-order valence-electron chi connectivity index (χ2n) is 36.6. The van der Waals surface area contributed by atoms with Crippen molar-refractivity contribution in [2.24, 2.45) is 59.2 Å².